The molecule has 0 aliphatic carbocycles. The molecule has 24 heavy (non-hydrogen) atoms. The third-order valence-electron chi connectivity index (χ3n) is 3.76. The van der Waals surface area contributed by atoms with E-state index in [1.807, 2.05) is 49.5 Å². The molecule has 2 rings (SSSR count). The zero-order valence-electron chi connectivity index (χ0n) is 13.9. The SMILES string of the molecule is CC(=O)NC(Cc1ccc(N(C)Cc2ccccc2)cc1)C(=O)O. The molecule has 0 saturated carbocycles. The van der Waals surface area contributed by atoms with Gasteiger partial charge in [0.2, 0.25) is 5.91 Å². The van der Waals surface area contributed by atoms with E-state index in [1.165, 1.54) is 12.5 Å². The maximum Gasteiger partial charge on any atom is 0.326 e. The third kappa shape index (κ3) is 5.12. The summed E-state index contributed by atoms with van der Waals surface area (Å²) < 4.78 is 0. The minimum Gasteiger partial charge on any atom is -0.480 e. The van der Waals surface area contributed by atoms with Crippen molar-refractivity contribution in [2.75, 3.05) is 11.9 Å². The lowest BCUT2D eigenvalue weighted by atomic mass is 10.1. The van der Waals surface area contributed by atoms with Crippen LogP contribution in [0.5, 0.6) is 0 Å². The predicted octanol–water partition coefficient (Wildman–Crippen LogP) is 2.45. The van der Waals surface area contributed by atoms with Crippen molar-refractivity contribution in [3.8, 4) is 0 Å². The molecule has 1 atom stereocenters. The Balaban J connectivity index is 2.01. The van der Waals surface area contributed by atoms with Crippen LogP contribution in [0, 0.1) is 0 Å². The lowest BCUT2D eigenvalue weighted by molar-refractivity contribution is -0.141. The Hall–Kier alpha value is -2.82. The van der Waals surface area contributed by atoms with Crippen LogP contribution in [0.2, 0.25) is 0 Å². The highest BCUT2D eigenvalue weighted by Crippen LogP contribution is 2.17. The van der Waals surface area contributed by atoms with Crippen LogP contribution in [-0.2, 0) is 22.6 Å². The van der Waals surface area contributed by atoms with Crippen LogP contribution >= 0.6 is 0 Å². The van der Waals surface area contributed by atoms with Gasteiger partial charge in [0.25, 0.3) is 0 Å². The van der Waals surface area contributed by atoms with Crippen LogP contribution in [0.3, 0.4) is 0 Å². The summed E-state index contributed by atoms with van der Waals surface area (Å²) in [4.78, 5) is 24.4. The van der Waals surface area contributed by atoms with Gasteiger partial charge in [-0.1, -0.05) is 42.5 Å². The number of hydrogen-bond donors (Lipinski definition) is 2. The van der Waals surface area contributed by atoms with E-state index in [4.69, 9.17) is 5.11 Å². The van der Waals surface area contributed by atoms with Crippen LogP contribution < -0.4 is 10.2 Å². The van der Waals surface area contributed by atoms with Gasteiger partial charge in [-0.2, -0.15) is 0 Å². The average Bonchev–Trinajstić information content (AvgIpc) is 2.55. The Morgan fingerprint density at radius 2 is 1.67 bits per heavy atom. The molecule has 0 aliphatic heterocycles. The van der Waals surface area contributed by atoms with Gasteiger partial charge in [0.1, 0.15) is 6.04 Å². The molecule has 1 amide bonds. The van der Waals surface area contributed by atoms with E-state index in [9.17, 15) is 9.59 Å². The summed E-state index contributed by atoms with van der Waals surface area (Å²) >= 11 is 0. The van der Waals surface area contributed by atoms with E-state index in [2.05, 4.69) is 22.3 Å². The summed E-state index contributed by atoms with van der Waals surface area (Å²) in [7, 11) is 2.01. The Bertz CT molecular complexity index is 684. The number of amides is 1. The number of nitrogens with zero attached hydrogens (tertiary/aromatic N) is 1. The van der Waals surface area contributed by atoms with Crippen molar-refractivity contribution in [3.63, 3.8) is 0 Å². The molecule has 2 aromatic carbocycles. The molecule has 0 heterocycles. The predicted molar refractivity (Wildman–Crippen MR) is 93.9 cm³/mol. The van der Waals surface area contributed by atoms with Crippen LogP contribution in [0.1, 0.15) is 18.1 Å². The van der Waals surface area contributed by atoms with Crippen molar-refractivity contribution in [2.45, 2.75) is 25.9 Å². The summed E-state index contributed by atoms with van der Waals surface area (Å²) in [6.07, 6.45) is 0.262. The lowest BCUT2D eigenvalue weighted by Crippen LogP contribution is -2.41. The minimum absolute atomic E-state index is 0.262. The lowest BCUT2D eigenvalue weighted by Gasteiger charge is -2.20. The molecule has 0 aliphatic rings. The van der Waals surface area contributed by atoms with Crippen LogP contribution in [-0.4, -0.2) is 30.1 Å². The second-order valence-corrected chi connectivity index (χ2v) is 5.80. The number of carboxylic acid groups (broad SMARTS) is 1. The normalized spacial score (nSPS) is 11.6. The number of nitrogens with one attached hydrogen (secondary N) is 1. The second kappa shape index (κ2) is 8.15. The van der Waals surface area contributed by atoms with Crippen LogP contribution in [0.4, 0.5) is 5.69 Å². The fourth-order valence-electron chi connectivity index (χ4n) is 2.52. The Morgan fingerprint density at radius 3 is 2.21 bits per heavy atom. The zero-order chi connectivity index (χ0) is 17.5. The molecule has 5 nitrogen and oxygen atoms in total. The van der Waals surface area contributed by atoms with Crippen molar-refractivity contribution in [1.82, 2.24) is 5.32 Å². The number of rotatable bonds is 7. The van der Waals surface area contributed by atoms with E-state index in [-0.39, 0.29) is 12.3 Å². The van der Waals surface area contributed by atoms with E-state index in [0.29, 0.717) is 0 Å². The number of hydrogen-bond acceptors (Lipinski definition) is 3. The van der Waals surface area contributed by atoms with Crippen molar-refractivity contribution >= 4 is 17.6 Å². The molecule has 0 spiro atoms. The van der Waals surface area contributed by atoms with E-state index in [0.717, 1.165) is 17.8 Å². The monoisotopic (exact) mass is 326 g/mol. The molecular weight excluding hydrogens is 304 g/mol. The minimum atomic E-state index is -1.03. The van der Waals surface area contributed by atoms with Crippen molar-refractivity contribution in [1.29, 1.82) is 0 Å². The molecule has 5 heteroatoms. The van der Waals surface area contributed by atoms with E-state index < -0.39 is 12.0 Å². The molecule has 0 fully saturated rings. The summed E-state index contributed by atoms with van der Waals surface area (Å²) in [5.74, 6) is -1.38. The first-order valence-electron chi connectivity index (χ1n) is 7.79. The Morgan fingerprint density at radius 1 is 1.04 bits per heavy atom. The molecule has 1 unspecified atom stereocenters. The molecule has 0 bridgehead atoms. The highest BCUT2D eigenvalue weighted by atomic mass is 16.4. The van der Waals surface area contributed by atoms with Crippen molar-refractivity contribution < 1.29 is 14.7 Å². The highest BCUT2D eigenvalue weighted by molar-refractivity contribution is 5.82. The van der Waals surface area contributed by atoms with Gasteiger partial charge in [-0.05, 0) is 23.3 Å². The first-order valence-corrected chi connectivity index (χ1v) is 7.79. The molecular formula is C19H22N2O3. The topological polar surface area (TPSA) is 69.6 Å². The number of carbonyl (C=O) groups excluding carboxylic acids is 1. The van der Waals surface area contributed by atoms with Gasteiger partial charge >= 0.3 is 5.97 Å². The largest absolute Gasteiger partial charge is 0.480 e. The quantitative estimate of drug-likeness (QED) is 0.820. The number of aliphatic carboxylic acids is 1. The zero-order valence-corrected chi connectivity index (χ0v) is 13.9. The summed E-state index contributed by atoms with van der Waals surface area (Å²) in [6.45, 7) is 2.11. The molecule has 0 radical (unpaired) electrons. The van der Waals surface area contributed by atoms with Crippen molar-refractivity contribution in [2.24, 2.45) is 0 Å². The van der Waals surface area contributed by atoms with Crippen LogP contribution in [0.15, 0.2) is 54.6 Å². The standard InChI is InChI=1S/C19H22N2O3/c1-14(22)20-18(19(23)24)12-15-8-10-17(11-9-15)21(2)13-16-6-4-3-5-7-16/h3-11,18H,12-13H2,1-2H3,(H,20,22)(H,23,24). The van der Waals surface area contributed by atoms with E-state index >= 15 is 0 Å². The van der Waals surface area contributed by atoms with Gasteiger partial charge in [-0.15, -0.1) is 0 Å². The maximum absolute atomic E-state index is 11.2. The van der Waals surface area contributed by atoms with Crippen molar-refractivity contribution in [3.05, 3.63) is 65.7 Å². The van der Waals surface area contributed by atoms with Gasteiger partial charge in [0, 0.05) is 32.6 Å². The number of anilines is 1. The molecule has 2 N–H and O–H groups in total. The first-order chi connectivity index (χ1) is 11.5. The summed E-state index contributed by atoms with van der Waals surface area (Å²) in [5.41, 5.74) is 3.14. The molecule has 126 valence electrons. The summed E-state index contributed by atoms with van der Waals surface area (Å²) in [5, 5.41) is 11.6. The number of benzene rings is 2. The second-order valence-electron chi connectivity index (χ2n) is 5.80. The van der Waals surface area contributed by atoms with Gasteiger partial charge < -0.3 is 15.3 Å². The van der Waals surface area contributed by atoms with Gasteiger partial charge in [-0.3, -0.25) is 4.79 Å². The number of carboxylic acids is 1. The fraction of sp³-hybridized carbons (Fsp3) is 0.263. The number of carbonyl (C=O) groups is 2. The van der Waals surface area contributed by atoms with Crippen LogP contribution in [0.25, 0.3) is 0 Å². The molecule has 0 saturated heterocycles. The summed E-state index contributed by atoms with van der Waals surface area (Å²) in [6, 6.07) is 17.0. The Kier molecular flexibility index (Phi) is 5.95. The highest BCUT2D eigenvalue weighted by Gasteiger charge is 2.18. The smallest absolute Gasteiger partial charge is 0.326 e. The third-order valence-corrected chi connectivity index (χ3v) is 3.76. The maximum atomic E-state index is 11.2. The Labute approximate surface area is 141 Å². The van der Waals surface area contributed by atoms with Gasteiger partial charge in [-0.25, -0.2) is 4.79 Å². The van der Waals surface area contributed by atoms with E-state index in [1.54, 1.807) is 0 Å². The fourth-order valence-corrected chi connectivity index (χ4v) is 2.52. The van der Waals surface area contributed by atoms with Gasteiger partial charge in [0.05, 0.1) is 0 Å². The molecule has 0 aromatic heterocycles. The first kappa shape index (κ1) is 17.5. The average molecular weight is 326 g/mol. The van der Waals surface area contributed by atoms with Gasteiger partial charge in [0.15, 0.2) is 0 Å². The molecule has 2 aromatic rings.